The van der Waals surface area contributed by atoms with Gasteiger partial charge in [0.25, 0.3) is 0 Å². The van der Waals surface area contributed by atoms with E-state index in [2.05, 4.69) is 26.6 Å². The number of nitrogens with one attached hydrogen (secondary N) is 2. The van der Waals surface area contributed by atoms with Crippen molar-refractivity contribution in [1.29, 1.82) is 0 Å². The number of para-hydroxylation sites is 1. The number of hydrogen-bond donors (Lipinski definition) is 3. The first-order valence-electron chi connectivity index (χ1n) is 11.9. The highest BCUT2D eigenvalue weighted by atomic mass is 79.9. The van der Waals surface area contributed by atoms with Gasteiger partial charge in [0, 0.05) is 29.4 Å². The Morgan fingerprint density at radius 1 is 1.11 bits per heavy atom. The summed E-state index contributed by atoms with van der Waals surface area (Å²) in [5.41, 5.74) is 0.0269. The SMILES string of the molecule is COc1ccc(NC(=O)C2N(CCCO)C(=O)[C@@H]3[C@@H](C(=O)Nc4ccccc4)[C@@H]4OC23CC4Br)cc1. The van der Waals surface area contributed by atoms with Crippen molar-refractivity contribution in [3.63, 3.8) is 0 Å². The maximum absolute atomic E-state index is 13.8. The van der Waals surface area contributed by atoms with Crippen LogP contribution in [0, 0.1) is 11.8 Å². The molecular formula is C26H28BrN3O6. The van der Waals surface area contributed by atoms with Crippen molar-refractivity contribution in [3.8, 4) is 5.75 Å². The fraction of sp³-hybridized carbons (Fsp3) is 0.423. The lowest BCUT2D eigenvalue weighted by Crippen LogP contribution is -2.54. The summed E-state index contributed by atoms with van der Waals surface area (Å²) in [7, 11) is 1.56. The first-order chi connectivity index (χ1) is 17.4. The van der Waals surface area contributed by atoms with Crippen molar-refractivity contribution in [2.75, 3.05) is 30.9 Å². The Bertz CT molecular complexity index is 1150. The summed E-state index contributed by atoms with van der Waals surface area (Å²) in [5.74, 6) is -1.91. The highest BCUT2D eigenvalue weighted by Gasteiger charge is 2.76. The van der Waals surface area contributed by atoms with E-state index in [0.29, 0.717) is 30.0 Å². The average Bonchev–Trinajstić information content (AvgIpc) is 3.47. The molecular weight excluding hydrogens is 530 g/mol. The number of aliphatic hydroxyl groups excluding tert-OH is 1. The lowest BCUT2D eigenvalue weighted by molar-refractivity contribution is -0.139. The van der Waals surface area contributed by atoms with Crippen LogP contribution in [0.3, 0.4) is 0 Å². The number of nitrogens with zero attached hydrogens (tertiary/aromatic N) is 1. The Morgan fingerprint density at radius 2 is 1.78 bits per heavy atom. The summed E-state index contributed by atoms with van der Waals surface area (Å²) in [5, 5.41) is 15.3. The molecule has 0 aromatic heterocycles. The number of alkyl halides is 1. The van der Waals surface area contributed by atoms with Gasteiger partial charge in [0.1, 0.15) is 17.4 Å². The molecule has 3 amide bonds. The summed E-state index contributed by atoms with van der Waals surface area (Å²) in [6.07, 6.45) is 0.182. The molecule has 36 heavy (non-hydrogen) atoms. The van der Waals surface area contributed by atoms with Gasteiger partial charge in [0.15, 0.2) is 0 Å². The minimum Gasteiger partial charge on any atom is -0.497 e. The number of halogens is 1. The van der Waals surface area contributed by atoms with Gasteiger partial charge in [0.2, 0.25) is 17.7 Å². The van der Waals surface area contributed by atoms with Crippen LogP contribution in [0.1, 0.15) is 12.8 Å². The van der Waals surface area contributed by atoms with Gasteiger partial charge in [-0.05, 0) is 49.2 Å². The Balaban J connectivity index is 1.46. The zero-order valence-corrected chi connectivity index (χ0v) is 21.3. The maximum atomic E-state index is 13.8. The summed E-state index contributed by atoms with van der Waals surface area (Å²) < 4.78 is 11.6. The third kappa shape index (κ3) is 4.07. The molecule has 190 valence electrons. The predicted molar refractivity (Wildman–Crippen MR) is 136 cm³/mol. The number of carbonyl (C=O) groups is 3. The average molecular weight is 558 g/mol. The van der Waals surface area contributed by atoms with Gasteiger partial charge in [0.05, 0.1) is 25.0 Å². The molecule has 5 rings (SSSR count). The van der Waals surface area contributed by atoms with E-state index < -0.39 is 35.5 Å². The lowest BCUT2D eigenvalue weighted by Gasteiger charge is -2.34. The van der Waals surface area contributed by atoms with Gasteiger partial charge in [-0.2, -0.15) is 0 Å². The van der Waals surface area contributed by atoms with E-state index in [1.165, 1.54) is 4.90 Å². The van der Waals surface area contributed by atoms with Crippen LogP contribution < -0.4 is 15.4 Å². The number of amides is 3. The van der Waals surface area contributed by atoms with E-state index >= 15 is 0 Å². The van der Waals surface area contributed by atoms with E-state index in [1.54, 1.807) is 43.5 Å². The van der Waals surface area contributed by atoms with Crippen molar-refractivity contribution in [3.05, 3.63) is 54.6 Å². The fourth-order valence-electron chi connectivity index (χ4n) is 5.84. The number of rotatable bonds is 8. The number of aliphatic hydroxyl groups is 1. The molecule has 0 saturated carbocycles. The second-order valence-corrected chi connectivity index (χ2v) is 10.5. The molecule has 10 heteroatoms. The summed E-state index contributed by atoms with van der Waals surface area (Å²) in [6, 6.07) is 15.0. The number of likely N-dealkylation sites (tertiary alicyclic amines) is 1. The van der Waals surface area contributed by atoms with E-state index in [1.807, 2.05) is 18.2 Å². The molecule has 1 spiro atoms. The van der Waals surface area contributed by atoms with Crippen LogP contribution in [0.15, 0.2) is 54.6 Å². The van der Waals surface area contributed by atoms with Crippen LogP contribution in [-0.2, 0) is 19.1 Å². The van der Waals surface area contributed by atoms with Gasteiger partial charge in [-0.15, -0.1) is 0 Å². The summed E-state index contributed by atoms with van der Waals surface area (Å²) in [4.78, 5) is 42.2. The van der Waals surface area contributed by atoms with E-state index in [9.17, 15) is 19.5 Å². The summed E-state index contributed by atoms with van der Waals surface area (Å²) in [6.45, 7) is 0.0546. The molecule has 6 atom stereocenters. The number of carbonyl (C=O) groups excluding carboxylic acids is 3. The predicted octanol–water partition coefficient (Wildman–Crippen LogP) is 2.40. The van der Waals surface area contributed by atoms with Crippen LogP contribution in [0.2, 0.25) is 0 Å². The molecule has 3 heterocycles. The van der Waals surface area contributed by atoms with Crippen molar-refractivity contribution in [2.45, 2.75) is 35.4 Å². The normalized spacial score (nSPS) is 30.2. The zero-order chi connectivity index (χ0) is 25.4. The minimum absolute atomic E-state index is 0.128. The molecule has 3 aliphatic rings. The van der Waals surface area contributed by atoms with Crippen LogP contribution in [0.25, 0.3) is 0 Å². The van der Waals surface area contributed by atoms with Crippen LogP contribution in [-0.4, -0.2) is 70.6 Å². The smallest absolute Gasteiger partial charge is 0.250 e. The molecule has 3 aliphatic heterocycles. The number of hydrogen-bond acceptors (Lipinski definition) is 6. The standard InChI is InChI=1S/C26H28BrN3O6/c1-35-17-10-8-16(9-11-17)29-24(33)22-26-14-18(27)21(36-26)19(20(26)25(34)30(22)12-5-13-31)23(32)28-15-6-3-2-4-7-15/h2-4,6-11,18-22,31H,5,12-14H2,1H3,(H,28,32)(H,29,33)/t18?,19-,20+,21-,22?,26?/m1/s1. The van der Waals surface area contributed by atoms with Gasteiger partial charge >= 0.3 is 0 Å². The molecule has 3 unspecified atom stereocenters. The number of fused-ring (bicyclic) bond motifs is 1. The van der Waals surface area contributed by atoms with Gasteiger partial charge in [-0.3, -0.25) is 14.4 Å². The van der Waals surface area contributed by atoms with Crippen molar-refractivity contribution in [1.82, 2.24) is 4.90 Å². The first-order valence-corrected chi connectivity index (χ1v) is 12.8. The molecule has 2 aromatic carbocycles. The van der Waals surface area contributed by atoms with Crippen molar-refractivity contribution < 1.29 is 29.0 Å². The molecule has 2 aromatic rings. The van der Waals surface area contributed by atoms with Crippen molar-refractivity contribution in [2.24, 2.45) is 11.8 Å². The lowest BCUT2D eigenvalue weighted by atomic mass is 9.70. The van der Waals surface area contributed by atoms with Crippen LogP contribution in [0.5, 0.6) is 5.75 Å². The van der Waals surface area contributed by atoms with Crippen LogP contribution in [0.4, 0.5) is 11.4 Å². The Hall–Kier alpha value is -2.95. The third-order valence-corrected chi connectivity index (χ3v) is 8.14. The van der Waals surface area contributed by atoms with E-state index in [-0.39, 0.29) is 29.8 Å². The first kappa shape index (κ1) is 24.7. The summed E-state index contributed by atoms with van der Waals surface area (Å²) >= 11 is 3.65. The number of benzene rings is 2. The number of ether oxygens (including phenoxy) is 2. The number of anilines is 2. The minimum atomic E-state index is -1.15. The Labute approximate surface area is 217 Å². The van der Waals surface area contributed by atoms with E-state index in [0.717, 1.165) is 0 Å². The maximum Gasteiger partial charge on any atom is 0.250 e. The van der Waals surface area contributed by atoms with Gasteiger partial charge in [-0.1, -0.05) is 34.1 Å². The zero-order valence-electron chi connectivity index (χ0n) is 19.7. The topological polar surface area (TPSA) is 117 Å². The molecule has 2 bridgehead atoms. The molecule has 3 N–H and O–H groups in total. The highest BCUT2D eigenvalue weighted by Crippen LogP contribution is 2.60. The van der Waals surface area contributed by atoms with Crippen molar-refractivity contribution >= 4 is 45.0 Å². The quantitative estimate of drug-likeness (QED) is 0.429. The number of methoxy groups -OCH3 is 1. The Morgan fingerprint density at radius 3 is 2.44 bits per heavy atom. The molecule has 9 nitrogen and oxygen atoms in total. The monoisotopic (exact) mass is 557 g/mol. The molecule has 0 radical (unpaired) electrons. The van der Waals surface area contributed by atoms with Gasteiger partial charge < -0.3 is 30.1 Å². The second-order valence-electron chi connectivity index (χ2n) is 9.35. The second kappa shape index (κ2) is 9.84. The highest BCUT2D eigenvalue weighted by molar-refractivity contribution is 9.09. The fourth-order valence-corrected chi connectivity index (χ4v) is 6.79. The molecule has 3 fully saturated rings. The van der Waals surface area contributed by atoms with E-state index in [4.69, 9.17) is 9.47 Å². The third-order valence-electron chi connectivity index (χ3n) is 7.30. The molecule has 3 saturated heterocycles. The Kier molecular flexibility index (Phi) is 6.76. The molecule has 0 aliphatic carbocycles. The largest absolute Gasteiger partial charge is 0.497 e. The van der Waals surface area contributed by atoms with Gasteiger partial charge in [-0.25, -0.2) is 0 Å². The van der Waals surface area contributed by atoms with Crippen LogP contribution >= 0.6 is 15.9 Å².